The smallest absolute Gasteiger partial charge is 0.399 e. The first-order chi connectivity index (χ1) is 14.6. The number of carbonyl (C=O) groups is 1. The standard InChI is InChI=1S/C25H35BN2O3/c1-17(2)16-23(29)28-15-7-8-22(28)21-14-13-20(27-21)18-9-11-19(12-10-18)26-30-24(3,4)25(5,6)31-26/h9-14,17,22,27H,7-8,15-16H2,1-6H3/t22-/m1/s1. The van der Waals surface area contributed by atoms with Crippen LogP contribution in [0.4, 0.5) is 0 Å². The zero-order chi connectivity index (χ0) is 22.4. The Balaban J connectivity index is 1.48. The molecule has 1 atom stereocenters. The minimum Gasteiger partial charge on any atom is -0.399 e. The summed E-state index contributed by atoms with van der Waals surface area (Å²) in [4.78, 5) is 18.3. The number of nitrogens with zero attached hydrogens (tertiary/aromatic N) is 1. The molecular weight excluding hydrogens is 387 g/mol. The minimum atomic E-state index is -0.350. The van der Waals surface area contributed by atoms with Gasteiger partial charge in [0.2, 0.25) is 5.91 Å². The number of benzene rings is 1. The molecule has 0 aliphatic carbocycles. The first kappa shape index (κ1) is 22.2. The molecule has 0 bridgehead atoms. The molecule has 2 saturated heterocycles. The summed E-state index contributed by atoms with van der Waals surface area (Å²) in [5.74, 6) is 0.649. The lowest BCUT2D eigenvalue weighted by molar-refractivity contribution is -0.133. The Morgan fingerprint density at radius 1 is 1.10 bits per heavy atom. The molecule has 1 amide bonds. The van der Waals surface area contributed by atoms with Crippen LogP contribution in [0.3, 0.4) is 0 Å². The van der Waals surface area contributed by atoms with E-state index in [2.05, 4.69) is 87.8 Å². The molecule has 2 aliphatic heterocycles. The molecule has 5 nitrogen and oxygen atoms in total. The van der Waals surface area contributed by atoms with Crippen LogP contribution in [0.5, 0.6) is 0 Å². The second-order valence-electron chi connectivity index (χ2n) is 10.4. The Bertz CT molecular complexity index is 916. The van der Waals surface area contributed by atoms with E-state index in [1.165, 1.54) is 0 Å². The predicted molar refractivity (Wildman–Crippen MR) is 125 cm³/mol. The summed E-state index contributed by atoms with van der Waals surface area (Å²) < 4.78 is 12.3. The van der Waals surface area contributed by atoms with Crippen molar-refractivity contribution in [3.63, 3.8) is 0 Å². The van der Waals surface area contributed by atoms with E-state index >= 15 is 0 Å². The molecule has 1 aromatic heterocycles. The Labute approximate surface area is 186 Å². The highest BCUT2D eigenvalue weighted by Gasteiger charge is 2.51. The molecule has 2 fully saturated rings. The Kier molecular flexibility index (Phi) is 5.82. The number of hydrogen-bond donors (Lipinski definition) is 1. The van der Waals surface area contributed by atoms with Crippen LogP contribution in [0.2, 0.25) is 0 Å². The summed E-state index contributed by atoms with van der Waals surface area (Å²) in [6.07, 6.45) is 2.70. The van der Waals surface area contributed by atoms with Gasteiger partial charge in [-0.1, -0.05) is 38.1 Å². The van der Waals surface area contributed by atoms with E-state index in [9.17, 15) is 4.79 Å². The molecule has 1 N–H and O–H groups in total. The maximum Gasteiger partial charge on any atom is 0.494 e. The van der Waals surface area contributed by atoms with Gasteiger partial charge in [0.1, 0.15) is 0 Å². The van der Waals surface area contributed by atoms with Crippen LogP contribution in [0, 0.1) is 5.92 Å². The van der Waals surface area contributed by atoms with Crippen LogP contribution < -0.4 is 5.46 Å². The molecule has 0 spiro atoms. The minimum absolute atomic E-state index is 0.157. The van der Waals surface area contributed by atoms with Crippen molar-refractivity contribution < 1.29 is 14.1 Å². The van der Waals surface area contributed by atoms with Gasteiger partial charge in [0.15, 0.2) is 0 Å². The van der Waals surface area contributed by atoms with Gasteiger partial charge in [0.25, 0.3) is 0 Å². The SMILES string of the molecule is CC(C)CC(=O)N1CCC[C@@H]1c1ccc(-c2ccc(B3OC(C)(C)C(C)(C)O3)cc2)[nH]1. The molecule has 3 heterocycles. The number of H-pyrrole nitrogens is 1. The quantitative estimate of drug-likeness (QED) is 0.712. The fourth-order valence-corrected chi connectivity index (χ4v) is 4.43. The number of likely N-dealkylation sites (tertiary alicyclic amines) is 1. The van der Waals surface area contributed by atoms with Crippen LogP contribution in [0.15, 0.2) is 36.4 Å². The highest BCUT2D eigenvalue weighted by atomic mass is 16.7. The van der Waals surface area contributed by atoms with Gasteiger partial charge in [0, 0.05) is 24.4 Å². The molecule has 0 radical (unpaired) electrons. The molecule has 166 valence electrons. The lowest BCUT2D eigenvalue weighted by Crippen LogP contribution is -2.41. The summed E-state index contributed by atoms with van der Waals surface area (Å²) in [5, 5.41) is 0. The lowest BCUT2D eigenvalue weighted by atomic mass is 9.79. The Morgan fingerprint density at radius 2 is 1.74 bits per heavy atom. The van der Waals surface area contributed by atoms with Gasteiger partial charge >= 0.3 is 7.12 Å². The van der Waals surface area contributed by atoms with E-state index in [0.717, 1.165) is 41.8 Å². The van der Waals surface area contributed by atoms with Crippen LogP contribution in [0.1, 0.15) is 72.5 Å². The summed E-state index contributed by atoms with van der Waals surface area (Å²) in [7, 11) is -0.350. The average Bonchev–Trinajstić information content (AvgIpc) is 3.39. The monoisotopic (exact) mass is 422 g/mol. The third kappa shape index (κ3) is 4.33. The molecule has 4 rings (SSSR count). The van der Waals surface area contributed by atoms with Gasteiger partial charge in [-0.25, -0.2) is 0 Å². The maximum atomic E-state index is 12.7. The normalized spacial score (nSPS) is 22.5. The Hall–Kier alpha value is -2.05. The van der Waals surface area contributed by atoms with Crippen molar-refractivity contribution in [1.29, 1.82) is 0 Å². The van der Waals surface area contributed by atoms with Gasteiger partial charge in [-0.3, -0.25) is 4.79 Å². The molecule has 2 aromatic rings. The molecule has 0 saturated carbocycles. The third-order valence-corrected chi connectivity index (χ3v) is 6.97. The van der Waals surface area contributed by atoms with Gasteiger partial charge in [0.05, 0.1) is 17.2 Å². The zero-order valence-corrected chi connectivity index (χ0v) is 19.7. The van der Waals surface area contributed by atoms with Crippen LogP contribution in [-0.2, 0) is 14.1 Å². The molecule has 2 aliphatic rings. The number of aromatic nitrogens is 1. The Morgan fingerprint density at radius 3 is 2.35 bits per heavy atom. The van der Waals surface area contributed by atoms with Gasteiger partial charge in [-0.15, -0.1) is 0 Å². The number of hydrogen-bond acceptors (Lipinski definition) is 3. The van der Waals surface area contributed by atoms with Crippen molar-refractivity contribution in [3.8, 4) is 11.3 Å². The number of amides is 1. The highest BCUT2D eigenvalue weighted by Crippen LogP contribution is 2.37. The molecule has 0 unspecified atom stereocenters. The third-order valence-electron chi connectivity index (χ3n) is 6.97. The average molecular weight is 422 g/mol. The van der Waals surface area contributed by atoms with E-state index in [-0.39, 0.29) is 30.3 Å². The van der Waals surface area contributed by atoms with Gasteiger partial charge in [-0.2, -0.15) is 0 Å². The number of carbonyl (C=O) groups excluding carboxylic acids is 1. The number of aromatic amines is 1. The second kappa shape index (κ2) is 8.14. The lowest BCUT2D eigenvalue weighted by Gasteiger charge is -2.32. The fraction of sp³-hybridized carbons (Fsp3) is 0.560. The van der Waals surface area contributed by atoms with Crippen molar-refractivity contribution >= 4 is 18.5 Å². The molecule has 31 heavy (non-hydrogen) atoms. The van der Waals surface area contributed by atoms with E-state index in [0.29, 0.717) is 12.3 Å². The van der Waals surface area contributed by atoms with Crippen molar-refractivity contribution in [2.45, 2.75) is 78.0 Å². The summed E-state index contributed by atoms with van der Waals surface area (Å²) >= 11 is 0. The first-order valence-corrected chi connectivity index (χ1v) is 11.5. The molecule has 1 aromatic carbocycles. The van der Waals surface area contributed by atoms with Gasteiger partial charge in [-0.05, 0) is 69.6 Å². The zero-order valence-electron chi connectivity index (χ0n) is 19.7. The number of rotatable bonds is 5. The van der Waals surface area contributed by atoms with Crippen molar-refractivity contribution in [2.24, 2.45) is 5.92 Å². The van der Waals surface area contributed by atoms with Crippen molar-refractivity contribution in [3.05, 3.63) is 42.1 Å². The predicted octanol–water partition coefficient (Wildman–Crippen LogP) is 4.69. The summed E-state index contributed by atoms with van der Waals surface area (Å²) in [6, 6.07) is 12.8. The van der Waals surface area contributed by atoms with Crippen LogP contribution in [0.25, 0.3) is 11.3 Å². The largest absolute Gasteiger partial charge is 0.494 e. The van der Waals surface area contributed by atoms with E-state index in [1.54, 1.807) is 0 Å². The van der Waals surface area contributed by atoms with Gasteiger partial charge < -0.3 is 19.2 Å². The van der Waals surface area contributed by atoms with Crippen molar-refractivity contribution in [1.82, 2.24) is 9.88 Å². The maximum absolute atomic E-state index is 12.7. The van der Waals surface area contributed by atoms with Crippen LogP contribution >= 0.6 is 0 Å². The second-order valence-corrected chi connectivity index (χ2v) is 10.4. The molecule has 6 heteroatoms. The molecular formula is C25H35BN2O3. The van der Waals surface area contributed by atoms with E-state index in [1.807, 2.05) is 0 Å². The summed E-state index contributed by atoms with van der Waals surface area (Å²) in [6.45, 7) is 13.3. The first-order valence-electron chi connectivity index (χ1n) is 11.5. The fourth-order valence-electron chi connectivity index (χ4n) is 4.43. The van der Waals surface area contributed by atoms with E-state index in [4.69, 9.17) is 9.31 Å². The highest BCUT2D eigenvalue weighted by molar-refractivity contribution is 6.62. The summed E-state index contributed by atoms with van der Waals surface area (Å²) in [5.41, 5.74) is 3.65. The van der Waals surface area contributed by atoms with Crippen LogP contribution in [-0.4, -0.2) is 40.7 Å². The number of nitrogens with one attached hydrogen (secondary N) is 1. The topological polar surface area (TPSA) is 54.6 Å². The van der Waals surface area contributed by atoms with E-state index < -0.39 is 0 Å². The van der Waals surface area contributed by atoms with Crippen molar-refractivity contribution in [2.75, 3.05) is 6.54 Å².